The Morgan fingerprint density at radius 3 is 2.37 bits per heavy atom. The number of likely N-dealkylation sites (N-methyl/N-ethyl adjacent to an activating group) is 1. The molecule has 0 aliphatic heterocycles. The Kier molecular flexibility index (Phi) is 5.77. The van der Waals surface area contributed by atoms with E-state index in [1.807, 2.05) is 7.05 Å². The highest BCUT2D eigenvalue weighted by Gasteiger charge is 2.36. The second-order valence-electron chi connectivity index (χ2n) is 6.72. The Balaban J connectivity index is 2.63. The van der Waals surface area contributed by atoms with Crippen molar-refractivity contribution in [2.45, 2.75) is 51.9 Å². The minimum Gasteiger partial charge on any atom is -0.413 e. The molecule has 0 saturated heterocycles. The van der Waals surface area contributed by atoms with Crippen molar-refractivity contribution in [2.24, 2.45) is 0 Å². The third kappa shape index (κ3) is 5.09. The molecule has 108 valence electrons. The van der Waals surface area contributed by atoms with Crippen LogP contribution in [-0.2, 0) is 17.5 Å². The third-order valence-corrected chi connectivity index (χ3v) is 8.54. The first kappa shape index (κ1) is 16.4. The summed E-state index contributed by atoms with van der Waals surface area (Å²) in [4.78, 5) is 0. The minimum absolute atomic E-state index is 0.275. The molecule has 0 atom stereocenters. The monoisotopic (exact) mass is 279 g/mol. The van der Waals surface area contributed by atoms with E-state index >= 15 is 0 Å². The lowest BCUT2D eigenvalue weighted by Crippen LogP contribution is -2.40. The van der Waals surface area contributed by atoms with Crippen LogP contribution in [0.1, 0.15) is 31.9 Å². The van der Waals surface area contributed by atoms with Crippen LogP contribution < -0.4 is 5.32 Å². The fourth-order valence-electron chi connectivity index (χ4n) is 1.62. The molecule has 0 amide bonds. The molecule has 3 heteroatoms. The predicted molar refractivity (Wildman–Crippen MR) is 86.1 cm³/mol. The van der Waals surface area contributed by atoms with Crippen LogP contribution in [0.15, 0.2) is 24.3 Å². The normalized spacial score (nSPS) is 12.7. The van der Waals surface area contributed by atoms with E-state index in [0.29, 0.717) is 0 Å². The quantitative estimate of drug-likeness (QED) is 0.796. The lowest BCUT2D eigenvalue weighted by molar-refractivity contribution is 0.276. The highest BCUT2D eigenvalue weighted by Crippen LogP contribution is 2.37. The first-order valence-electron chi connectivity index (χ1n) is 7.12. The van der Waals surface area contributed by atoms with Gasteiger partial charge in [0.15, 0.2) is 8.32 Å². The van der Waals surface area contributed by atoms with Crippen molar-refractivity contribution in [1.82, 2.24) is 5.32 Å². The van der Waals surface area contributed by atoms with Crippen molar-refractivity contribution in [1.29, 1.82) is 0 Å². The molecule has 0 spiro atoms. The van der Waals surface area contributed by atoms with Gasteiger partial charge in [-0.1, -0.05) is 45.0 Å². The Bertz CT molecular complexity index is 396. The standard InChI is InChI=1S/C16H29NOSi/c1-16(2,3)19(5,6)18-13-15-9-7-8-14(12-15)10-11-17-4/h7-9,12,17H,10-11,13H2,1-6H3. The second-order valence-corrected chi connectivity index (χ2v) is 11.5. The average Bonchev–Trinajstić information content (AvgIpc) is 2.33. The van der Waals surface area contributed by atoms with Crippen LogP contribution >= 0.6 is 0 Å². The van der Waals surface area contributed by atoms with Crippen molar-refractivity contribution < 1.29 is 4.43 Å². The largest absolute Gasteiger partial charge is 0.413 e. The van der Waals surface area contributed by atoms with E-state index in [-0.39, 0.29) is 5.04 Å². The van der Waals surface area contributed by atoms with Gasteiger partial charge in [0.05, 0.1) is 6.61 Å². The summed E-state index contributed by atoms with van der Waals surface area (Å²) in [5, 5.41) is 3.46. The van der Waals surface area contributed by atoms with Crippen LogP contribution in [0, 0.1) is 0 Å². The molecule has 1 N–H and O–H groups in total. The van der Waals surface area contributed by atoms with E-state index in [1.54, 1.807) is 0 Å². The van der Waals surface area contributed by atoms with Crippen LogP contribution in [0.3, 0.4) is 0 Å². The molecule has 0 bridgehead atoms. The number of rotatable bonds is 6. The zero-order chi connectivity index (χ0) is 14.5. The molecule has 0 radical (unpaired) electrons. The van der Waals surface area contributed by atoms with Crippen LogP contribution in [0.2, 0.25) is 18.1 Å². The summed E-state index contributed by atoms with van der Waals surface area (Å²) in [5.74, 6) is 0. The maximum atomic E-state index is 6.26. The predicted octanol–water partition coefficient (Wildman–Crippen LogP) is 3.97. The molecule has 0 aliphatic carbocycles. The van der Waals surface area contributed by atoms with Crippen molar-refractivity contribution in [2.75, 3.05) is 13.6 Å². The average molecular weight is 279 g/mol. The van der Waals surface area contributed by atoms with Gasteiger partial charge in [-0.15, -0.1) is 0 Å². The lowest BCUT2D eigenvalue weighted by atomic mass is 10.1. The Hall–Kier alpha value is -0.643. The van der Waals surface area contributed by atoms with Crippen LogP contribution in [0.4, 0.5) is 0 Å². The first-order chi connectivity index (χ1) is 8.76. The van der Waals surface area contributed by atoms with Crippen LogP contribution in [0.5, 0.6) is 0 Å². The maximum absolute atomic E-state index is 6.26. The Morgan fingerprint density at radius 1 is 1.16 bits per heavy atom. The van der Waals surface area contributed by atoms with Gasteiger partial charge in [0.25, 0.3) is 0 Å². The van der Waals surface area contributed by atoms with E-state index in [2.05, 4.69) is 63.4 Å². The summed E-state index contributed by atoms with van der Waals surface area (Å²) in [7, 11) is 0.348. The van der Waals surface area contributed by atoms with Gasteiger partial charge >= 0.3 is 0 Å². The molecule has 1 rings (SSSR count). The Labute approximate surface area is 119 Å². The molecule has 0 aromatic heterocycles. The SMILES string of the molecule is CNCCc1cccc(CO[Si](C)(C)C(C)(C)C)c1. The number of hydrogen-bond acceptors (Lipinski definition) is 2. The summed E-state index contributed by atoms with van der Waals surface area (Å²) >= 11 is 0. The highest BCUT2D eigenvalue weighted by atomic mass is 28.4. The number of benzene rings is 1. The van der Waals surface area contributed by atoms with E-state index < -0.39 is 8.32 Å². The summed E-state index contributed by atoms with van der Waals surface area (Å²) in [6, 6.07) is 8.75. The Morgan fingerprint density at radius 2 is 1.79 bits per heavy atom. The highest BCUT2D eigenvalue weighted by molar-refractivity contribution is 6.74. The maximum Gasteiger partial charge on any atom is 0.192 e. The van der Waals surface area contributed by atoms with Gasteiger partial charge in [0.1, 0.15) is 0 Å². The van der Waals surface area contributed by atoms with E-state index in [4.69, 9.17) is 4.43 Å². The van der Waals surface area contributed by atoms with Gasteiger partial charge < -0.3 is 9.74 Å². The molecule has 0 saturated carbocycles. The fourth-order valence-corrected chi connectivity index (χ4v) is 2.59. The van der Waals surface area contributed by atoms with E-state index in [9.17, 15) is 0 Å². The summed E-state index contributed by atoms with van der Waals surface area (Å²) < 4.78 is 6.26. The minimum atomic E-state index is -1.64. The summed E-state index contributed by atoms with van der Waals surface area (Å²) in [6.07, 6.45) is 1.07. The van der Waals surface area contributed by atoms with E-state index in [0.717, 1.165) is 19.6 Å². The number of hydrogen-bond donors (Lipinski definition) is 1. The van der Waals surface area contributed by atoms with Crippen molar-refractivity contribution in [3.8, 4) is 0 Å². The zero-order valence-electron chi connectivity index (χ0n) is 13.3. The molecular weight excluding hydrogens is 250 g/mol. The fraction of sp³-hybridized carbons (Fsp3) is 0.625. The molecule has 0 heterocycles. The molecular formula is C16H29NOSi. The van der Waals surface area contributed by atoms with Crippen LogP contribution in [-0.4, -0.2) is 21.9 Å². The summed E-state index contributed by atoms with van der Waals surface area (Å²) in [6.45, 7) is 13.2. The van der Waals surface area contributed by atoms with Crippen LogP contribution in [0.25, 0.3) is 0 Å². The van der Waals surface area contributed by atoms with Gasteiger partial charge in [-0.25, -0.2) is 0 Å². The smallest absolute Gasteiger partial charge is 0.192 e. The van der Waals surface area contributed by atoms with Crippen molar-refractivity contribution in [3.63, 3.8) is 0 Å². The van der Waals surface area contributed by atoms with Gasteiger partial charge in [0.2, 0.25) is 0 Å². The van der Waals surface area contributed by atoms with E-state index in [1.165, 1.54) is 11.1 Å². The molecule has 0 fully saturated rings. The summed E-state index contributed by atoms with van der Waals surface area (Å²) in [5.41, 5.74) is 2.67. The lowest BCUT2D eigenvalue weighted by Gasteiger charge is -2.36. The van der Waals surface area contributed by atoms with Gasteiger partial charge in [0, 0.05) is 0 Å². The second kappa shape index (κ2) is 6.68. The third-order valence-electron chi connectivity index (χ3n) is 4.06. The van der Waals surface area contributed by atoms with Crippen molar-refractivity contribution in [3.05, 3.63) is 35.4 Å². The molecule has 19 heavy (non-hydrogen) atoms. The molecule has 0 unspecified atom stereocenters. The topological polar surface area (TPSA) is 21.3 Å². The van der Waals surface area contributed by atoms with Gasteiger partial charge in [-0.3, -0.25) is 0 Å². The van der Waals surface area contributed by atoms with Crippen molar-refractivity contribution >= 4 is 8.32 Å². The van der Waals surface area contributed by atoms with Gasteiger partial charge in [-0.05, 0) is 49.3 Å². The molecule has 2 nitrogen and oxygen atoms in total. The van der Waals surface area contributed by atoms with Gasteiger partial charge in [-0.2, -0.15) is 0 Å². The number of nitrogens with one attached hydrogen (secondary N) is 1. The zero-order valence-corrected chi connectivity index (χ0v) is 14.3. The molecule has 0 aliphatic rings. The first-order valence-corrected chi connectivity index (χ1v) is 10.0. The molecule has 1 aromatic rings. The molecule has 1 aromatic carbocycles.